The van der Waals surface area contributed by atoms with Gasteiger partial charge in [0.15, 0.2) is 5.69 Å². The first-order valence-corrected chi connectivity index (χ1v) is 16.5. The molecule has 230 valence electrons. The number of ether oxygens (including phenoxy) is 2. The first kappa shape index (κ1) is 29.0. The first-order chi connectivity index (χ1) is 21.5. The van der Waals surface area contributed by atoms with Gasteiger partial charge in [-0.3, -0.25) is 9.59 Å². The summed E-state index contributed by atoms with van der Waals surface area (Å²) >= 11 is 0. The van der Waals surface area contributed by atoms with Crippen molar-refractivity contribution in [1.29, 1.82) is 0 Å². The number of carbonyl (C=O) groups excluding carboxylic acids is 2. The van der Waals surface area contributed by atoms with Gasteiger partial charge >= 0.3 is 5.97 Å². The van der Waals surface area contributed by atoms with E-state index in [9.17, 15) is 9.59 Å². The van der Waals surface area contributed by atoms with E-state index in [4.69, 9.17) is 14.5 Å². The molecule has 44 heavy (non-hydrogen) atoms. The third-order valence-corrected chi connectivity index (χ3v) is 10.2. The number of H-pyrrole nitrogens is 1. The number of aromatic nitrogens is 2. The van der Waals surface area contributed by atoms with Crippen LogP contribution in [0, 0.1) is 17.8 Å². The number of imidazole rings is 1. The molecule has 3 aromatic rings. The second kappa shape index (κ2) is 12.7. The standard InChI is InChI=1S/C37H43N3O4/c41-33(43-23-25-9-4-3-5-10-25)19-26-11-8-14-31(18-26)38-36(42)34-32(39-35(40-34)30-12-6-1-2-7-13-30)24-44-37-20-27-15-28(21-37)17-29(16-27)22-37/h1-5,8-11,14,18,27-30H,6-7,12-13,15-17,19-24H2,(H,38,42)(H,39,40). The van der Waals surface area contributed by atoms with Crippen LogP contribution in [0.15, 0.2) is 66.7 Å². The van der Waals surface area contributed by atoms with Gasteiger partial charge in [-0.1, -0.05) is 54.6 Å². The van der Waals surface area contributed by atoms with Gasteiger partial charge in [-0.2, -0.15) is 0 Å². The predicted octanol–water partition coefficient (Wildman–Crippen LogP) is 7.65. The highest BCUT2D eigenvalue weighted by molar-refractivity contribution is 6.03. The molecule has 2 N–H and O–H groups in total. The van der Waals surface area contributed by atoms with Crippen molar-refractivity contribution in [3.05, 3.63) is 95.1 Å². The van der Waals surface area contributed by atoms with E-state index in [0.717, 1.165) is 85.3 Å². The van der Waals surface area contributed by atoms with Crippen molar-refractivity contribution in [2.75, 3.05) is 5.32 Å². The molecular weight excluding hydrogens is 550 g/mol. The second-order valence-corrected chi connectivity index (χ2v) is 13.6. The van der Waals surface area contributed by atoms with Crippen molar-refractivity contribution in [2.24, 2.45) is 17.8 Å². The SMILES string of the molecule is O=C(Cc1cccc(NC(=O)c2nc(C3CCC=CCC3)[nH]c2COC23CC4CC(CC(C4)C2)C3)c1)OCc1ccccc1. The van der Waals surface area contributed by atoms with E-state index in [2.05, 4.69) is 22.5 Å². The highest BCUT2D eigenvalue weighted by atomic mass is 16.5. The van der Waals surface area contributed by atoms with Gasteiger partial charge in [0.2, 0.25) is 0 Å². The molecule has 5 aliphatic carbocycles. The van der Waals surface area contributed by atoms with Crippen LogP contribution in [0.2, 0.25) is 0 Å². The Morgan fingerprint density at radius 1 is 0.864 bits per heavy atom. The summed E-state index contributed by atoms with van der Waals surface area (Å²) in [4.78, 5) is 34.8. The monoisotopic (exact) mass is 593 g/mol. The quantitative estimate of drug-likeness (QED) is 0.186. The molecule has 0 spiro atoms. The minimum Gasteiger partial charge on any atom is -0.461 e. The van der Waals surface area contributed by atoms with E-state index in [1.165, 1.54) is 19.3 Å². The van der Waals surface area contributed by atoms with Crippen LogP contribution in [-0.2, 0) is 33.9 Å². The average Bonchev–Trinajstić information content (AvgIpc) is 3.25. The molecule has 7 heteroatoms. The zero-order chi connectivity index (χ0) is 29.9. The lowest BCUT2D eigenvalue weighted by Gasteiger charge is -2.56. The number of anilines is 1. The Hall–Kier alpha value is -3.71. The largest absolute Gasteiger partial charge is 0.461 e. The normalized spacial score (nSPS) is 26.0. The van der Waals surface area contributed by atoms with Crippen molar-refractivity contribution in [2.45, 2.75) is 95.4 Å². The molecule has 1 heterocycles. The summed E-state index contributed by atoms with van der Waals surface area (Å²) in [6.45, 7) is 0.614. The lowest BCUT2D eigenvalue weighted by atomic mass is 9.54. The molecule has 1 aromatic heterocycles. The summed E-state index contributed by atoms with van der Waals surface area (Å²) in [7, 11) is 0. The van der Waals surface area contributed by atoms with Crippen molar-refractivity contribution in [3.8, 4) is 0 Å². The lowest BCUT2D eigenvalue weighted by molar-refractivity contribution is -0.169. The van der Waals surface area contributed by atoms with Crippen LogP contribution in [0.1, 0.15) is 103 Å². The first-order valence-electron chi connectivity index (χ1n) is 16.5. The average molecular weight is 594 g/mol. The van der Waals surface area contributed by atoms with Crippen LogP contribution >= 0.6 is 0 Å². The van der Waals surface area contributed by atoms with Crippen molar-refractivity contribution < 1.29 is 19.1 Å². The number of esters is 1. The van der Waals surface area contributed by atoms with Crippen LogP contribution < -0.4 is 5.32 Å². The van der Waals surface area contributed by atoms with E-state index in [0.29, 0.717) is 18.0 Å². The molecule has 0 atom stereocenters. The zero-order valence-corrected chi connectivity index (χ0v) is 25.4. The summed E-state index contributed by atoms with van der Waals surface area (Å²) in [6, 6.07) is 17.0. The van der Waals surface area contributed by atoms with Gasteiger partial charge in [-0.25, -0.2) is 4.98 Å². The molecule has 7 nitrogen and oxygen atoms in total. The van der Waals surface area contributed by atoms with Crippen LogP contribution in [0.5, 0.6) is 0 Å². The van der Waals surface area contributed by atoms with Gasteiger partial charge in [0, 0.05) is 11.6 Å². The Balaban J connectivity index is 1.04. The van der Waals surface area contributed by atoms with E-state index in [1.807, 2.05) is 54.6 Å². The third-order valence-electron chi connectivity index (χ3n) is 10.2. The van der Waals surface area contributed by atoms with Crippen LogP contribution in [-0.4, -0.2) is 27.4 Å². The number of benzene rings is 2. The number of aromatic amines is 1. The van der Waals surface area contributed by atoms with Crippen molar-refractivity contribution in [3.63, 3.8) is 0 Å². The maximum atomic E-state index is 13.8. The molecule has 0 saturated heterocycles. The van der Waals surface area contributed by atoms with Gasteiger partial charge in [-0.15, -0.1) is 0 Å². The summed E-state index contributed by atoms with van der Waals surface area (Å²) in [5.41, 5.74) is 3.48. The van der Waals surface area contributed by atoms with Gasteiger partial charge < -0.3 is 19.8 Å². The highest BCUT2D eigenvalue weighted by Gasteiger charge is 2.51. The maximum Gasteiger partial charge on any atom is 0.310 e. The topological polar surface area (TPSA) is 93.3 Å². The van der Waals surface area contributed by atoms with E-state index >= 15 is 0 Å². The van der Waals surface area contributed by atoms with E-state index in [-0.39, 0.29) is 36.4 Å². The Morgan fingerprint density at radius 3 is 2.25 bits per heavy atom. The fourth-order valence-corrected chi connectivity index (χ4v) is 8.50. The number of rotatable bonds is 10. The number of amides is 1. The predicted molar refractivity (Wildman–Crippen MR) is 169 cm³/mol. The molecular formula is C37H43N3O4. The van der Waals surface area contributed by atoms with Crippen LogP contribution in [0.4, 0.5) is 5.69 Å². The number of nitrogens with zero attached hydrogens (tertiary/aromatic N) is 1. The number of hydrogen-bond acceptors (Lipinski definition) is 5. The molecule has 0 radical (unpaired) electrons. The zero-order valence-electron chi connectivity index (χ0n) is 25.4. The lowest BCUT2D eigenvalue weighted by Crippen LogP contribution is -2.51. The second-order valence-electron chi connectivity index (χ2n) is 13.6. The van der Waals surface area contributed by atoms with Gasteiger partial charge in [-0.05, 0) is 105 Å². The fourth-order valence-electron chi connectivity index (χ4n) is 8.50. The molecule has 4 saturated carbocycles. The van der Waals surface area contributed by atoms with Gasteiger partial charge in [0.25, 0.3) is 5.91 Å². The molecule has 8 rings (SSSR count). The molecule has 2 aromatic carbocycles. The van der Waals surface area contributed by atoms with Crippen molar-refractivity contribution in [1.82, 2.24) is 9.97 Å². The fraction of sp³-hybridized carbons (Fsp3) is 0.486. The summed E-state index contributed by atoms with van der Waals surface area (Å²) in [5, 5.41) is 3.05. The molecule has 1 amide bonds. The Bertz CT molecular complexity index is 1460. The van der Waals surface area contributed by atoms with Crippen LogP contribution in [0.3, 0.4) is 0 Å². The Kier molecular flexibility index (Phi) is 8.39. The molecule has 4 fully saturated rings. The Labute approximate surface area is 259 Å². The van der Waals surface area contributed by atoms with E-state index < -0.39 is 0 Å². The number of allylic oxidation sites excluding steroid dienone is 2. The summed E-state index contributed by atoms with van der Waals surface area (Å²) < 4.78 is 12.3. The number of hydrogen-bond donors (Lipinski definition) is 2. The third kappa shape index (κ3) is 6.68. The minimum atomic E-state index is -0.309. The van der Waals surface area contributed by atoms with Gasteiger partial charge in [0.1, 0.15) is 12.4 Å². The summed E-state index contributed by atoms with van der Waals surface area (Å²) in [5.74, 6) is 2.99. The molecule has 0 unspecified atom stereocenters. The van der Waals surface area contributed by atoms with Gasteiger partial charge in [0.05, 0.1) is 24.3 Å². The number of carbonyl (C=O) groups is 2. The Morgan fingerprint density at radius 2 is 1.55 bits per heavy atom. The van der Waals surface area contributed by atoms with E-state index in [1.54, 1.807) is 0 Å². The molecule has 4 bridgehead atoms. The molecule has 0 aliphatic heterocycles. The maximum absolute atomic E-state index is 13.8. The smallest absolute Gasteiger partial charge is 0.310 e. The molecule has 5 aliphatic rings. The minimum absolute atomic E-state index is 0.0521. The number of nitrogens with one attached hydrogen (secondary N) is 2. The summed E-state index contributed by atoms with van der Waals surface area (Å²) in [6.07, 6.45) is 16.2. The van der Waals surface area contributed by atoms with Crippen LogP contribution in [0.25, 0.3) is 0 Å². The van der Waals surface area contributed by atoms with Crippen molar-refractivity contribution >= 4 is 17.6 Å². The highest BCUT2D eigenvalue weighted by Crippen LogP contribution is 2.57.